The highest BCUT2D eigenvalue weighted by molar-refractivity contribution is 7.90. The fourth-order valence-electron chi connectivity index (χ4n) is 1.15. The summed E-state index contributed by atoms with van der Waals surface area (Å²) in [5.74, 6) is 0. The van der Waals surface area contributed by atoms with Crippen LogP contribution in [0.5, 0.6) is 0 Å². The van der Waals surface area contributed by atoms with Gasteiger partial charge < -0.3 is 0 Å². The Kier molecular flexibility index (Phi) is 2.31. The summed E-state index contributed by atoms with van der Waals surface area (Å²) < 4.78 is 10.2. The van der Waals surface area contributed by atoms with Gasteiger partial charge in [-0.15, -0.1) is 11.6 Å². The molecular weight excluding hydrogens is 253 g/mol. The molecule has 0 aliphatic carbocycles. The van der Waals surface area contributed by atoms with Gasteiger partial charge in [-0.05, 0) is 6.07 Å². The van der Waals surface area contributed by atoms with Crippen molar-refractivity contribution in [3.05, 3.63) is 23.9 Å². The number of nitrogens with zero attached hydrogens (tertiary/aromatic N) is 1. The van der Waals surface area contributed by atoms with Gasteiger partial charge in [-0.25, -0.2) is 9.19 Å². The summed E-state index contributed by atoms with van der Waals surface area (Å²) >= 11 is 17.6. The first-order valence-corrected chi connectivity index (χ1v) is 5.78. The van der Waals surface area contributed by atoms with Crippen LogP contribution in [0.1, 0.15) is 10.9 Å². The SMILES string of the molecule is O=S1c2ncccc2C(Cl)C1(Cl)Cl. The fraction of sp³-hybridized carbons (Fsp3) is 0.286. The van der Waals surface area contributed by atoms with E-state index in [0.29, 0.717) is 10.6 Å². The molecule has 1 aliphatic rings. The molecule has 0 spiro atoms. The van der Waals surface area contributed by atoms with Crippen molar-refractivity contribution >= 4 is 45.6 Å². The van der Waals surface area contributed by atoms with Crippen LogP contribution < -0.4 is 0 Å². The largest absolute Gasteiger partial charge is 0.250 e. The van der Waals surface area contributed by atoms with Crippen LogP contribution in [0.25, 0.3) is 0 Å². The van der Waals surface area contributed by atoms with Gasteiger partial charge in [0, 0.05) is 11.8 Å². The molecule has 0 saturated heterocycles. The summed E-state index contributed by atoms with van der Waals surface area (Å²) in [5, 5.41) is -0.284. The fourth-order valence-corrected chi connectivity index (χ4v) is 3.44. The number of aromatic nitrogens is 1. The molecule has 0 amide bonds. The highest BCUT2D eigenvalue weighted by atomic mass is 35.5. The molecule has 0 aromatic carbocycles. The highest BCUT2D eigenvalue weighted by Gasteiger charge is 2.50. The molecule has 2 unspecified atom stereocenters. The molecule has 13 heavy (non-hydrogen) atoms. The van der Waals surface area contributed by atoms with Crippen molar-refractivity contribution in [3.63, 3.8) is 0 Å². The minimum atomic E-state index is -1.55. The monoisotopic (exact) mass is 255 g/mol. The maximum Gasteiger partial charge on any atom is 0.218 e. The zero-order chi connectivity index (χ0) is 9.64. The predicted octanol–water partition coefficient (Wildman–Crippen LogP) is 2.61. The van der Waals surface area contributed by atoms with E-state index in [4.69, 9.17) is 34.8 Å². The van der Waals surface area contributed by atoms with Gasteiger partial charge in [-0.1, -0.05) is 29.3 Å². The van der Waals surface area contributed by atoms with E-state index in [1.807, 2.05) is 0 Å². The zero-order valence-electron chi connectivity index (χ0n) is 6.21. The van der Waals surface area contributed by atoms with E-state index in [1.165, 1.54) is 6.20 Å². The number of rotatable bonds is 0. The van der Waals surface area contributed by atoms with Gasteiger partial charge >= 0.3 is 0 Å². The Morgan fingerprint density at radius 2 is 2.23 bits per heavy atom. The Labute approximate surface area is 92.7 Å². The Balaban J connectivity index is 2.64. The minimum absolute atomic E-state index is 0.382. The molecule has 2 rings (SSSR count). The van der Waals surface area contributed by atoms with E-state index in [-0.39, 0.29) is 0 Å². The van der Waals surface area contributed by atoms with Crippen LogP contribution in [0.4, 0.5) is 0 Å². The van der Waals surface area contributed by atoms with E-state index in [2.05, 4.69) is 4.98 Å². The highest BCUT2D eigenvalue weighted by Crippen LogP contribution is 2.52. The topological polar surface area (TPSA) is 30.0 Å². The molecule has 2 atom stereocenters. The van der Waals surface area contributed by atoms with Crippen molar-refractivity contribution in [3.8, 4) is 0 Å². The third kappa shape index (κ3) is 1.30. The maximum atomic E-state index is 11.6. The Bertz CT molecular complexity index is 382. The molecule has 0 bridgehead atoms. The molecule has 2 heterocycles. The quantitative estimate of drug-likeness (QED) is 0.668. The van der Waals surface area contributed by atoms with Gasteiger partial charge in [0.15, 0.2) is 0 Å². The molecule has 0 fully saturated rings. The van der Waals surface area contributed by atoms with Gasteiger partial charge in [0.2, 0.25) is 3.67 Å². The van der Waals surface area contributed by atoms with E-state index >= 15 is 0 Å². The lowest BCUT2D eigenvalue weighted by Gasteiger charge is -2.13. The molecule has 2 nitrogen and oxygen atoms in total. The Hall–Kier alpha value is 0.170. The maximum absolute atomic E-state index is 11.6. The van der Waals surface area contributed by atoms with Gasteiger partial charge in [0.1, 0.15) is 21.2 Å². The third-order valence-electron chi connectivity index (χ3n) is 1.79. The summed E-state index contributed by atoms with van der Waals surface area (Å²) in [6.07, 6.45) is 1.54. The Morgan fingerprint density at radius 1 is 1.54 bits per heavy atom. The van der Waals surface area contributed by atoms with Crippen LogP contribution >= 0.6 is 34.8 Å². The zero-order valence-corrected chi connectivity index (χ0v) is 9.29. The molecule has 1 aromatic heterocycles. The van der Waals surface area contributed by atoms with Crippen LogP contribution in [-0.2, 0) is 10.8 Å². The minimum Gasteiger partial charge on any atom is -0.250 e. The standard InChI is InChI=1S/C7H4Cl3NOS/c8-5-4-2-1-3-11-6(4)13(12)7(5,9)10/h1-3,5H. The van der Waals surface area contributed by atoms with Crippen LogP contribution in [0.2, 0.25) is 0 Å². The Morgan fingerprint density at radius 3 is 2.85 bits per heavy atom. The van der Waals surface area contributed by atoms with Crippen molar-refractivity contribution < 1.29 is 4.21 Å². The molecule has 0 saturated carbocycles. The average Bonchev–Trinajstić information content (AvgIpc) is 2.30. The lowest BCUT2D eigenvalue weighted by Crippen LogP contribution is -2.18. The molecule has 70 valence electrons. The van der Waals surface area contributed by atoms with Gasteiger partial charge in [-0.2, -0.15) is 0 Å². The van der Waals surface area contributed by atoms with E-state index in [9.17, 15) is 4.21 Å². The van der Waals surface area contributed by atoms with Crippen molar-refractivity contribution in [1.82, 2.24) is 4.98 Å². The van der Waals surface area contributed by atoms with Crippen molar-refractivity contribution in [2.45, 2.75) is 14.1 Å². The summed E-state index contributed by atoms with van der Waals surface area (Å²) in [7, 11) is -1.55. The number of halogens is 3. The first kappa shape index (κ1) is 9.71. The van der Waals surface area contributed by atoms with Gasteiger partial charge in [0.25, 0.3) is 0 Å². The van der Waals surface area contributed by atoms with Gasteiger partial charge in [0.05, 0.1) is 0 Å². The number of alkyl halides is 3. The normalized spacial score (nSPS) is 30.1. The van der Waals surface area contributed by atoms with E-state index in [1.54, 1.807) is 12.1 Å². The second kappa shape index (κ2) is 3.09. The number of fused-ring (bicyclic) bond motifs is 1. The molecule has 1 aliphatic heterocycles. The van der Waals surface area contributed by atoms with Crippen LogP contribution in [0, 0.1) is 0 Å². The van der Waals surface area contributed by atoms with Crippen LogP contribution in [-0.4, -0.2) is 12.9 Å². The average molecular weight is 257 g/mol. The van der Waals surface area contributed by atoms with E-state index in [0.717, 1.165) is 0 Å². The summed E-state index contributed by atoms with van der Waals surface area (Å²) in [6, 6.07) is 3.44. The first-order chi connectivity index (χ1) is 6.05. The summed E-state index contributed by atoms with van der Waals surface area (Å²) in [6.45, 7) is 0. The molecule has 6 heteroatoms. The second-order valence-corrected chi connectivity index (χ2v) is 6.43. The molecular formula is C7H4Cl3NOS. The van der Waals surface area contributed by atoms with Crippen molar-refractivity contribution in [2.75, 3.05) is 0 Å². The lowest BCUT2D eigenvalue weighted by atomic mass is 10.2. The summed E-state index contributed by atoms with van der Waals surface area (Å²) in [5.41, 5.74) is 0.646. The van der Waals surface area contributed by atoms with Crippen molar-refractivity contribution in [1.29, 1.82) is 0 Å². The number of hydrogen-bond acceptors (Lipinski definition) is 2. The predicted molar refractivity (Wildman–Crippen MR) is 53.7 cm³/mol. The molecule has 0 N–H and O–H groups in total. The number of hydrogen-bond donors (Lipinski definition) is 0. The van der Waals surface area contributed by atoms with E-state index < -0.39 is 19.8 Å². The molecule has 0 radical (unpaired) electrons. The number of pyridine rings is 1. The van der Waals surface area contributed by atoms with Crippen LogP contribution in [0.15, 0.2) is 23.4 Å². The first-order valence-electron chi connectivity index (χ1n) is 3.44. The van der Waals surface area contributed by atoms with Gasteiger partial charge in [-0.3, -0.25) is 0 Å². The summed E-state index contributed by atoms with van der Waals surface area (Å²) in [4.78, 5) is 3.93. The molecule has 1 aromatic rings. The second-order valence-electron chi connectivity index (χ2n) is 2.59. The smallest absolute Gasteiger partial charge is 0.218 e. The van der Waals surface area contributed by atoms with Crippen molar-refractivity contribution in [2.24, 2.45) is 0 Å². The lowest BCUT2D eigenvalue weighted by molar-refractivity contribution is 0.679. The third-order valence-corrected chi connectivity index (χ3v) is 5.41. The van der Waals surface area contributed by atoms with Crippen LogP contribution in [0.3, 0.4) is 0 Å².